The van der Waals surface area contributed by atoms with E-state index in [1.54, 1.807) is 25.1 Å². The number of ether oxygens (including phenoxy) is 1. The predicted octanol–water partition coefficient (Wildman–Crippen LogP) is 6.84. The Labute approximate surface area is 248 Å². The summed E-state index contributed by atoms with van der Waals surface area (Å²) in [5.74, 6) is -0.837. The van der Waals surface area contributed by atoms with Gasteiger partial charge in [0.1, 0.15) is 0 Å². The Kier molecular flexibility index (Phi) is 8.32. The van der Waals surface area contributed by atoms with Crippen molar-refractivity contribution in [2.75, 3.05) is 22.6 Å². The van der Waals surface area contributed by atoms with Gasteiger partial charge in [0.05, 0.1) is 22.8 Å². The fourth-order valence-electron chi connectivity index (χ4n) is 5.20. The molecular weight excluding hydrogens is 589 g/mol. The maximum Gasteiger partial charge on any atom is 0.417 e. The number of esters is 1. The van der Waals surface area contributed by atoms with Gasteiger partial charge in [-0.05, 0) is 74.2 Å². The van der Waals surface area contributed by atoms with Crippen molar-refractivity contribution in [2.45, 2.75) is 45.2 Å². The van der Waals surface area contributed by atoms with Gasteiger partial charge in [0.15, 0.2) is 5.78 Å². The summed E-state index contributed by atoms with van der Waals surface area (Å²) in [4.78, 5) is 53.8. The van der Waals surface area contributed by atoms with Crippen LogP contribution < -0.4 is 16.0 Å². The Balaban J connectivity index is 1.41. The van der Waals surface area contributed by atoms with Crippen molar-refractivity contribution in [2.24, 2.45) is 0 Å². The number of amides is 3. The molecule has 5 rings (SSSR count). The third-order valence-electron chi connectivity index (χ3n) is 7.09. The molecule has 1 aliphatic heterocycles. The van der Waals surface area contributed by atoms with Crippen LogP contribution in [0, 0.1) is 0 Å². The number of aromatic amines is 1. The SMILES string of the molecule is CCOC(=O)CCc1c(/C=C2\C(=O)Nc3ccc(NC(=O)Nc4ccc(Cl)c(C(F)(F)F)c4)cc32)[nH]c2c1C(=O)CCC2. The highest BCUT2D eigenvalue weighted by atomic mass is 35.5. The van der Waals surface area contributed by atoms with Gasteiger partial charge in [-0.15, -0.1) is 0 Å². The molecule has 0 atom stereocenters. The summed E-state index contributed by atoms with van der Waals surface area (Å²) in [6, 6.07) is 6.86. The minimum Gasteiger partial charge on any atom is -0.466 e. The number of halogens is 4. The predicted molar refractivity (Wildman–Crippen MR) is 155 cm³/mol. The zero-order valence-electron chi connectivity index (χ0n) is 22.8. The second-order valence-electron chi connectivity index (χ2n) is 10.00. The van der Waals surface area contributed by atoms with Crippen LogP contribution in [-0.2, 0) is 33.3 Å². The van der Waals surface area contributed by atoms with Crippen LogP contribution in [0.25, 0.3) is 11.6 Å². The molecule has 0 spiro atoms. The van der Waals surface area contributed by atoms with E-state index in [1.807, 2.05) is 0 Å². The fourth-order valence-corrected chi connectivity index (χ4v) is 5.43. The highest BCUT2D eigenvalue weighted by Gasteiger charge is 2.34. The summed E-state index contributed by atoms with van der Waals surface area (Å²) in [6.07, 6.45) is -1.05. The number of fused-ring (bicyclic) bond motifs is 2. The van der Waals surface area contributed by atoms with Crippen molar-refractivity contribution < 1.29 is 37.1 Å². The number of alkyl halides is 3. The van der Waals surface area contributed by atoms with Crippen molar-refractivity contribution in [3.63, 3.8) is 0 Å². The van der Waals surface area contributed by atoms with Gasteiger partial charge in [-0.1, -0.05) is 11.6 Å². The lowest BCUT2D eigenvalue weighted by Crippen LogP contribution is -2.20. The molecule has 4 N–H and O–H groups in total. The van der Waals surface area contributed by atoms with Crippen LogP contribution in [0.1, 0.15) is 64.6 Å². The van der Waals surface area contributed by atoms with E-state index in [9.17, 15) is 32.3 Å². The molecule has 0 radical (unpaired) electrons. The number of benzene rings is 2. The largest absolute Gasteiger partial charge is 0.466 e. The van der Waals surface area contributed by atoms with E-state index in [-0.39, 0.29) is 42.2 Å². The second kappa shape index (κ2) is 12.0. The third-order valence-corrected chi connectivity index (χ3v) is 7.42. The molecule has 224 valence electrons. The lowest BCUT2D eigenvalue weighted by atomic mass is 9.91. The van der Waals surface area contributed by atoms with E-state index in [0.29, 0.717) is 47.3 Å². The molecule has 1 aliphatic carbocycles. The topological polar surface area (TPSA) is 129 Å². The maximum absolute atomic E-state index is 13.2. The number of hydrogen-bond acceptors (Lipinski definition) is 5. The molecule has 0 unspecified atom stereocenters. The molecule has 2 aromatic carbocycles. The standard InChI is InChI=1S/C30H26ClF3N4O5/c1-2-43-26(40)11-8-17-24(37-23-4-3-5-25(39)27(17)23)14-19-18-12-15(7-10-22(18)38-28(19)41)35-29(42)36-16-6-9-21(31)20(13-16)30(32,33)34/h6-7,9-10,12-14,37H,2-5,8,11H2,1H3,(H,38,41)(H2,35,36,42)/b19-14-. The Hall–Kier alpha value is -4.58. The van der Waals surface area contributed by atoms with Crippen LogP contribution in [-0.4, -0.2) is 35.3 Å². The average molecular weight is 615 g/mol. The number of hydrogen-bond donors (Lipinski definition) is 4. The number of ketones is 1. The first kappa shape index (κ1) is 29.9. The first-order chi connectivity index (χ1) is 20.4. The van der Waals surface area contributed by atoms with Crippen LogP contribution in [0.3, 0.4) is 0 Å². The number of urea groups is 1. The van der Waals surface area contributed by atoms with E-state index in [2.05, 4.69) is 20.9 Å². The van der Waals surface area contributed by atoms with E-state index in [1.165, 1.54) is 12.1 Å². The van der Waals surface area contributed by atoms with Crippen molar-refractivity contribution in [1.82, 2.24) is 4.98 Å². The van der Waals surface area contributed by atoms with Gasteiger partial charge in [0.2, 0.25) is 0 Å². The number of nitrogens with one attached hydrogen (secondary N) is 4. The van der Waals surface area contributed by atoms with Crippen molar-refractivity contribution in [3.05, 3.63) is 75.1 Å². The number of rotatable bonds is 7. The normalized spacial score (nSPS) is 15.1. The van der Waals surface area contributed by atoms with Gasteiger partial charge in [0.25, 0.3) is 5.91 Å². The molecule has 2 heterocycles. The van der Waals surface area contributed by atoms with Crippen molar-refractivity contribution >= 4 is 64.0 Å². The molecule has 2 aliphatic rings. The molecule has 0 saturated carbocycles. The first-order valence-corrected chi connectivity index (χ1v) is 13.9. The van der Waals surface area contributed by atoms with E-state index < -0.39 is 34.7 Å². The molecule has 9 nitrogen and oxygen atoms in total. The monoisotopic (exact) mass is 614 g/mol. The second-order valence-corrected chi connectivity index (χ2v) is 10.4. The van der Waals surface area contributed by atoms with Gasteiger partial charge in [-0.25, -0.2) is 4.79 Å². The van der Waals surface area contributed by atoms with Crippen LogP contribution in [0.4, 0.5) is 35.0 Å². The highest BCUT2D eigenvalue weighted by molar-refractivity contribution is 6.35. The molecule has 0 saturated heterocycles. The first-order valence-electron chi connectivity index (χ1n) is 13.5. The summed E-state index contributed by atoms with van der Waals surface area (Å²) < 4.78 is 44.6. The van der Waals surface area contributed by atoms with E-state index >= 15 is 0 Å². The van der Waals surface area contributed by atoms with Crippen LogP contribution >= 0.6 is 11.6 Å². The number of carbonyl (C=O) groups excluding carboxylic acids is 4. The van der Waals surface area contributed by atoms with Gasteiger partial charge >= 0.3 is 18.2 Å². The molecule has 43 heavy (non-hydrogen) atoms. The van der Waals surface area contributed by atoms with Gasteiger partial charge < -0.3 is 25.7 Å². The summed E-state index contributed by atoms with van der Waals surface area (Å²) >= 11 is 5.65. The molecule has 0 fully saturated rings. The third kappa shape index (κ3) is 6.43. The number of Topliss-reactive ketones (excluding diaryl/α,β-unsaturated/α-hetero) is 1. The molecule has 3 amide bonds. The molecule has 0 bridgehead atoms. The zero-order chi connectivity index (χ0) is 30.9. The van der Waals surface area contributed by atoms with Crippen LogP contribution in [0.5, 0.6) is 0 Å². The number of carbonyl (C=O) groups is 4. The maximum atomic E-state index is 13.2. The Morgan fingerprint density at radius 2 is 1.79 bits per heavy atom. The Morgan fingerprint density at radius 3 is 2.51 bits per heavy atom. The minimum absolute atomic E-state index is 0.0298. The Bertz CT molecular complexity index is 1680. The van der Waals surface area contributed by atoms with Crippen LogP contribution in [0.2, 0.25) is 5.02 Å². The highest BCUT2D eigenvalue weighted by Crippen LogP contribution is 2.38. The molecular formula is C30H26ClF3N4O5. The number of H-pyrrole nitrogens is 1. The molecule has 13 heteroatoms. The fraction of sp³-hybridized carbons (Fsp3) is 0.267. The van der Waals surface area contributed by atoms with Crippen molar-refractivity contribution in [1.29, 1.82) is 0 Å². The summed E-state index contributed by atoms with van der Waals surface area (Å²) in [5.41, 5.74) is 2.73. The van der Waals surface area contributed by atoms with Gasteiger partial charge in [0, 0.05) is 52.4 Å². The quantitative estimate of drug-likeness (QED) is 0.171. The van der Waals surface area contributed by atoms with E-state index in [0.717, 1.165) is 17.8 Å². The minimum atomic E-state index is -4.70. The Morgan fingerprint density at radius 1 is 1.07 bits per heavy atom. The summed E-state index contributed by atoms with van der Waals surface area (Å²) in [7, 11) is 0. The van der Waals surface area contributed by atoms with Gasteiger partial charge in [-0.3, -0.25) is 14.4 Å². The smallest absolute Gasteiger partial charge is 0.417 e. The number of anilines is 3. The summed E-state index contributed by atoms with van der Waals surface area (Å²) in [5, 5.41) is 7.17. The average Bonchev–Trinajstić information content (AvgIpc) is 3.45. The van der Waals surface area contributed by atoms with Gasteiger partial charge in [-0.2, -0.15) is 13.2 Å². The lowest BCUT2D eigenvalue weighted by molar-refractivity contribution is -0.143. The van der Waals surface area contributed by atoms with Crippen LogP contribution in [0.15, 0.2) is 36.4 Å². The number of aryl methyl sites for hydroxylation is 1. The zero-order valence-corrected chi connectivity index (χ0v) is 23.6. The lowest BCUT2D eigenvalue weighted by Gasteiger charge is -2.13. The number of aromatic nitrogens is 1. The molecule has 3 aromatic rings. The van der Waals surface area contributed by atoms with E-state index in [4.69, 9.17) is 16.3 Å². The summed E-state index contributed by atoms with van der Waals surface area (Å²) in [6.45, 7) is 1.94. The molecule has 1 aromatic heterocycles. The van der Waals surface area contributed by atoms with Crippen molar-refractivity contribution in [3.8, 4) is 0 Å².